The van der Waals surface area contributed by atoms with Gasteiger partial charge in [0.05, 0.1) is 0 Å². The highest BCUT2D eigenvalue weighted by Crippen LogP contribution is 2.27. The van der Waals surface area contributed by atoms with E-state index in [9.17, 15) is 13.6 Å². The number of aromatic nitrogens is 1. The molecule has 162 valence electrons. The molecule has 1 amide bonds. The van der Waals surface area contributed by atoms with Gasteiger partial charge in [-0.1, -0.05) is 36.4 Å². The van der Waals surface area contributed by atoms with Gasteiger partial charge in [-0.3, -0.25) is 4.79 Å². The van der Waals surface area contributed by atoms with E-state index in [0.717, 1.165) is 28.3 Å². The van der Waals surface area contributed by atoms with Crippen LogP contribution < -0.4 is 4.74 Å². The van der Waals surface area contributed by atoms with Gasteiger partial charge >= 0.3 is 0 Å². The minimum Gasteiger partial charge on any atom is -0.489 e. The topological polar surface area (TPSA) is 42.4 Å². The van der Waals surface area contributed by atoms with Crippen molar-refractivity contribution in [3.05, 3.63) is 107 Å². The van der Waals surface area contributed by atoms with Gasteiger partial charge < -0.3 is 9.64 Å². The highest BCUT2D eigenvalue weighted by Gasteiger charge is 2.16. The van der Waals surface area contributed by atoms with Crippen LogP contribution >= 0.6 is 11.3 Å². The molecule has 0 spiro atoms. The number of hydrogen-bond donors (Lipinski definition) is 0. The summed E-state index contributed by atoms with van der Waals surface area (Å²) in [5.74, 6) is -1.33. The van der Waals surface area contributed by atoms with Crippen LogP contribution in [0.1, 0.15) is 21.6 Å². The third kappa shape index (κ3) is 5.18. The summed E-state index contributed by atoms with van der Waals surface area (Å²) >= 11 is 1.40. The van der Waals surface area contributed by atoms with Gasteiger partial charge in [0.2, 0.25) is 0 Å². The van der Waals surface area contributed by atoms with Crippen LogP contribution in [0.4, 0.5) is 8.78 Å². The molecule has 4 nitrogen and oxygen atoms in total. The molecule has 0 N–H and O–H groups in total. The van der Waals surface area contributed by atoms with Crippen molar-refractivity contribution in [1.82, 2.24) is 9.88 Å². The molecular weight excluding hydrogens is 430 g/mol. The first kappa shape index (κ1) is 21.6. The van der Waals surface area contributed by atoms with Crippen molar-refractivity contribution in [2.24, 2.45) is 0 Å². The summed E-state index contributed by atoms with van der Waals surface area (Å²) in [5.41, 5.74) is 2.86. The number of ether oxygens (including phenoxy) is 1. The van der Waals surface area contributed by atoms with E-state index in [-0.39, 0.29) is 12.5 Å². The van der Waals surface area contributed by atoms with E-state index in [4.69, 9.17) is 4.74 Å². The van der Waals surface area contributed by atoms with Gasteiger partial charge in [-0.15, -0.1) is 11.3 Å². The summed E-state index contributed by atoms with van der Waals surface area (Å²) < 4.78 is 32.0. The van der Waals surface area contributed by atoms with Crippen molar-refractivity contribution in [3.63, 3.8) is 0 Å². The molecule has 0 bridgehead atoms. The number of rotatable bonds is 7. The maximum absolute atomic E-state index is 13.3. The fourth-order valence-electron chi connectivity index (χ4n) is 3.12. The molecule has 7 heteroatoms. The smallest absolute Gasteiger partial charge is 0.273 e. The van der Waals surface area contributed by atoms with Gasteiger partial charge in [-0.25, -0.2) is 13.8 Å². The van der Waals surface area contributed by atoms with Crippen LogP contribution in [0, 0.1) is 11.6 Å². The van der Waals surface area contributed by atoms with Crippen LogP contribution in [0.2, 0.25) is 0 Å². The number of carbonyl (C=O) groups excluding carboxylic acids is 1. The molecule has 0 unspecified atom stereocenters. The third-order valence-electron chi connectivity index (χ3n) is 4.82. The van der Waals surface area contributed by atoms with Crippen LogP contribution in [0.5, 0.6) is 5.75 Å². The highest BCUT2D eigenvalue weighted by molar-refractivity contribution is 7.13. The molecule has 3 aromatic carbocycles. The Kier molecular flexibility index (Phi) is 6.56. The van der Waals surface area contributed by atoms with E-state index in [1.54, 1.807) is 29.5 Å². The molecule has 0 fully saturated rings. The van der Waals surface area contributed by atoms with Crippen molar-refractivity contribution in [3.8, 4) is 16.3 Å². The molecule has 0 saturated heterocycles. The normalized spacial score (nSPS) is 10.7. The molecule has 1 aromatic heterocycles. The standard InChI is InChI=1S/C25H20F2N2O2S/c1-29(14-17-5-3-2-4-6-17)25(30)23-16-32-24(28-23)19-8-10-20(11-9-19)31-15-18-7-12-21(26)22(27)13-18/h2-13,16H,14-15H2,1H3. The summed E-state index contributed by atoms with van der Waals surface area (Å²) in [5, 5.41) is 2.49. The van der Waals surface area contributed by atoms with Crippen molar-refractivity contribution < 1.29 is 18.3 Å². The summed E-state index contributed by atoms with van der Waals surface area (Å²) in [4.78, 5) is 18.8. The van der Waals surface area contributed by atoms with Crippen molar-refractivity contribution in [1.29, 1.82) is 0 Å². The van der Waals surface area contributed by atoms with Crippen molar-refractivity contribution >= 4 is 17.2 Å². The Morgan fingerprint density at radius 1 is 0.969 bits per heavy atom. The first-order valence-corrected chi connectivity index (χ1v) is 10.8. The first-order valence-electron chi connectivity index (χ1n) is 9.91. The average molecular weight is 451 g/mol. The Labute approximate surface area is 188 Å². The largest absolute Gasteiger partial charge is 0.489 e. The Morgan fingerprint density at radius 2 is 1.72 bits per heavy atom. The molecule has 1 heterocycles. The Balaban J connectivity index is 1.38. The van der Waals surface area contributed by atoms with Gasteiger partial charge in [-0.05, 0) is 47.5 Å². The quantitative estimate of drug-likeness (QED) is 0.350. The molecular formula is C25H20F2N2O2S. The second-order valence-electron chi connectivity index (χ2n) is 7.25. The fourth-order valence-corrected chi connectivity index (χ4v) is 3.92. The average Bonchev–Trinajstić information content (AvgIpc) is 3.30. The maximum Gasteiger partial charge on any atom is 0.273 e. The predicted molar refractivity (Wildman–Crippen MR) is 120 cm³/mol. The lowest BCUT2D eigenvalue weighted by atomic mass is 10.2. The zero-order chi connectivity index (χ0) is 22.5. The van der Waals surface area contributed by atoms with Gasteiger partial charge in [-0.2, -0.15) is 0 Å². The zero-order valence-corrected chi connectivity index (χ0v) is 18.1. The molecule has 4 rings (SSSR count). The number of nitrogens with zero attached hydrogens (tertiary/aromatic N) is 2. The lowest BCUT2D eigenvalue weighted by Gasteiger charge is -2.15. The van der Waals surface area contributed by atoms with Gasteiger partial charge in [0.15, 0.2) is 11.6 Å². The van der Waals surface area contributed by atoms with Gasteiger partial charge in [0.25, 0.3) is 5.91 Å². The van der Waals surface area contributed by atoms with E-state index in [2.05, 4.69) is 4.98 Å². The molecule has 0 saturated carbocycles. The van der Waals surface area contributed by atoms with Crippen LogP contribution in [-0.4, -0.2) is 22.8 Å². The van der Waals surface area contributed by atoms with Crippen molar-refractivity contribution in [2.45, 2.75) is 13.2 Å². The fraction of sp³-hybridized carbons (Fsp3) is 0.120. The number of hydrogen-bond acceptors (Lipinski definition) is 4. The molecule has 32 heavy (non-hydrogen) atoms. The molecule has 0 aliphatic carbocycles. The van der Waals surface area contributed by atoms with Crippen LogP contribution in [-0.2, 0) is 13.2 Å². The Hall–Kier alpha value is -3.58. The van der Waals surface area contributed by atoms with Crippen molar-refractivity contribution in [2.75, 3.05) is 7.05 Å². The molecule has 0 aliphatic heterocycles. The number of thiazole rings is 1. The van der Waals surface area contributed by atoms with E-state index in [0.29, 0.717) is 23.6 Å². The van der Waals surface area contributed by atoms with Gasteiger partial charge in [0, 0.05) is 24.5 Å². The van der Waals surface area contributed by atoms with Crippen LogP contribution in [0.25, 0.3) is 10.6 Å². The lowest BCUT2D eigenvalue weighted by molar-refractivity contribution is 0.0780. The van der Waals surface area contributed by atoms with Gasteiger partial charge in [0.1, 0.15) is 23.1 Å². The summed E-state index contributed by atoms with van der Waals surface area (Å²) in [7, 11) is 1.76. The SMILES string of the molecule is CN(Cc1ccccc1)C(=O)c1csc(-c2ccc(OCc3ccc(F)c(F)c3)cc2)n1. The minimum atomic E-state index is -0.898. The summed E-state index contributed by atoms with van der Waals surface area (Å²) in [6, 6.07) is 20.7. The summed E-state index contributed by atoms with van der Waals surface area (Å²) in [6.45, 7) is 0.636. The monoisotopic (exact) mass is 450 g/mol. The van der Waals surface area contributed by atoms with E-state index < -0.39 is 11.6 Å². The van der Waals surface area contributed by atoms with Crippen LogP contribution in [0.3, 0.4) is 0 Å². The molecule has 0 atom stereocenters. The first-order chi connectivity index (χ1) is 15.5. The number of benzene rings is 3. The Morgan fingerprint density at radius 3 is 2.44 bits per heavy atom. The lowest BCUT2D eigenvalue weighted by Crippen LogP contribution is -2.26. The maximum atomic E-state index is 13.3. The third-order valence-corrected chi connectivity index (χ3v) is 5.71. The summed E-state index contributed by atoms with van der Waals surface area (Å²) in [6.07, 6.45) is 0. The molecule has 4 aromatic rings. The van der Waals surface area contributed by atoms with E-state index >= 15 is 0 Å². The number of halogens is 2. The number of carbonyl (C=O) groups is 1. The predicted octanol–water partition coefficient (Wildman–Crippen LogP) is 5.94. The Bertz CT molecular complexity index is 1210. The number of amides is 1. The second kappa shape index (κ2) is 9.70. The molecule has 0 aliphatic rings. The minimum absolute atomic E-state index is 0.125. The van der Waals surface area contributed by atoms with E-state index in [1.165, 1.54) is 17.4 Å². The van der Waals surface area contributed by atoms with Crippen LogP contribution in [0.15, 0.2) is 78.2 Å². The second-order valence-corrected chi connectivity index (χ2v) is 8.10. The van der Waals surface area contributed by atoms with E-state index in [1.807, 2.05) is 42.5 Å². The zero-order valence-electron chi connectivity index (χ0n) is 17.3. The highest BCUT2D eigenvalue weighted by atomic mass is 32.1. The molecule has 0 radical (unpaired) electrons.